The molecule has 2 fully saturated rings. The Morgan fingerprint density at radius 3 is 2.75 bits per heavy atom. The van der Waals surface area contributed by atoms with Gasteiger partial charge in [0.15, 0.2) is 0 Å². The molecule has 8 heteroatoms. The van der Waals surface area contributed by atoms with Crippen molar-refractivity contribution in [3.8, 4) is 6.07 Å². The number of amides is 2. The van der Waals surface area contributed by atoms with E-state index in [0.29, 0.717) is 17.5 Å². The molecule has 2 aromatic heterocycles. The fraction of sp³-hybridized carbons (Fsp3) is 0.286. The highest BCUT2D eigenvalue weighted by atomic mass is 19.1. The summed E-state index contributed by atoms with van der Waals surface area (Å²) in [6.07, 6.45) is 3.31. The Kier molecular flexibility index (Phi) is 4.87. The lowest BCUT2D eigenvalue weighted by Crippen LogP contribution is -2.50. The van der Waals surface area contributed by atoms with Crippen LogP contribution in [0.2, 0.25) is 0 Å². The molecule has 0 bridgehead atoms. The Morgan fingerprint density at radius 1 is 1.19 bits per heavy atom. The predicted molar refractivity (Wildman–Crippen MR) is 132 cm³/mol. The van der Waals surface area contributed by atoms with Crippen LogP contribution in [-0.2, 0) is 4.79 Å². The second-order valence-electron chi connectivity index (χ2n) is 10.3. The first-order chi connectivity index (χ1) is 17.3. The number of pyridine rings is 1. The van der Waals surface area contributed by atoms with E-state index in [0.717, 1.165) is 10.8 Å². The minimum atomic E-state index is -0.920. The van der Waals surface area contributed by atoms with Gasteiger partial charge in [0.1, 0.15) is 23.6 Å². The Hall–Kier alpha value is -4.25. The molecule has 2 N–H and O–H groups in total. The number of carbonyl (C=O) groups excluding carboxylic acids is 2. The smallest absolute Gasteiger partial charge is 0.271 e. The highest BCUT2D eigenvalue weighted by molar-refractivity contribution is 6.01. The van der Waals surface area contributed by atoms with E-state index in [1.54, 1.807) is 35.5 Å². The summed E-state index contributed by atoms with van der Waals surface area (Å²) in [7, 11) is 0. The fourth-order valence-electron chi connectivity index (χ4n) is 5.96. The summed E-state index contributed by atoms with van der Waals surface area (Å²) in [5, 5.41) is 15.1. The maximum absolute atomic E-state index is 14.2. The monoisotopic (exact) mass is 481 g/mol. The topological polar surface area (TPSA) is 102 Å². The molecule has 0 spiro atoms. The second-order valence-corrected chi connectivity index (χ2v) is 10.3. The molecular weight excluding hydrogens is 457 g/mol. The molecule has 4 aromatic rings. The van der Waals surface area contributed by atoms with Crippen molar-refractivity contribution in [1.82, 2.24) is 20.2 Å². The average Bonchev–Trinajstić information content (AvgIpc) is 3.26. The van der Waals surface area contributed by atoms with Crippen molar-refractivity contribution in [2.45, 2.75) is 25.9 Å². The number of aromatic nitrogens is 2. The summed E-state index contributed by atoms with van der Waals surface area (Å²) in [5.74, 6) is -1.00. The molecule has 1 saturated carbocycles. The Balaban J connectivity index is 1.31. The third-order valence-electron chi connectivity index (χ3n) is 8.00. The van der Waals surface area contributed by atoms with E-state index in [-0.39, 0.29) is 40.3 Å². The summed E-state index contributed by atoms with van der Waals surface area (Å²) >= 11 is 0. The van der Waals surface area contributed by atoms with Crippen LogP contribution in [0.1, 0.15) is 35.9 Å². The predicted octanol–water partition coefficient (Wildman–Crippen LogP) is 4.33. The van der Waals surface area contributed by atoms with E-state index in [2.05, 4.69) is 35.2 Å². The molecule has 2 aromatic carbocycles. The van der Waals surface area contributed by atoms with Gasteiger partial charge >= 0.3 is 0 Å². The first-order valence-corrected chi connectivity index (χ1v) is 11.9. The van der Waals surface area contributed by atoms with Gasteiger partial charge in [-0.3, -0.25) is 14.6 Å². The van der Waals surface area contributed by atoms with Crippen LogP contribution in [0.3, 0.4) is 0 Å². The number of likely N-dealkylation sites (tertiary alicyclic amines) is 1. The molecule has 3 heterocycles. The standard InChI is InChI=1S/C28H24FN5O2/c1-28(2)19-14-34(27(36)21-10-15-7-5-9-20(29)24(15)32-21)25(23(19)28)26(35)33-22(11-30)18-13-31-12-16-6-3-4-8-17(16)18/h3-10,12-13,19,22-23,25,32H,14H2,1-2H3,(H,33,35)/t19-,22+,23-,25-/m0/s1. The number of fused-ring (bicyclic) bond motifs is 3. The summed E-state index contributed by atoms with van der Waals surface area (Å²) in [4.78, 5) is 35.9. The van der Waals surface area contributed by atoms with E-state index in [4.69, 9.17) is 0 Å². The lowest BCUT2D eigenvalue weighted by atomic mass is 9.98. The number of benzene rings is 2. The van der Waals surface area contributed by atoms with E-state index in [1.165, 1.54) is 6.07 Å². The van der Waals surface area contributed by atoms with E-state index in [1.807, 2.05) is 24.3 Å². The van der Waals surface area contributed by atoms with Crippen LogP contribution >= 0.6 is 0 Å². The molecule has 2 amide bonds. The Bertz CT molecular complexity index is 1580. The molecule has 180 valence electrons. The molecule has 0 radical (unpaired) electrons. The van der Waals surface area contributed by atoms with Crippen molar-refractivity contribution in [2.24, 2.45) is 17.3 Å². The first-order valence-electron chi connectivity index (χ1n) is 11.9. The van der Waals surface area contributed by atoms with Crippen LogP contribution in [-0.4, -0.2) is 39.3 Å². The van der Waals surface area contributed by atoms with Gasteiger partial charge in [0.05, 0.1) is 11.6 Å². The SMILES string of the molecule is CC1(C)[C@@H]2[C@@H](C(=O)N[C@H](C#N)c3cncc4ccccc34)N(C(=O)c3cc4cccc(F)c4[nH]3)C[C@@H]21. The van der Waals surface area contributed by atoms with Crippen LogP contribution < -0.4 is 5.32 Å². The van der Waals surface area contributed by atoms with Crippen LogP contribution in [0.4, 0.5) is 4.39 Å². The highest BCUT2D eigenvalue weighted by Gasteiger charge is 2.69. The van der Waals surface area contributed by atoms with Crippen LogP contribution in [0.5, 0.6) is 0 Å². The number of H-pyrrole nitrogens is 1. The number of nitrogens with one attached hydrogen (secondary N) is 2. The Labute approximate surface area is 206 Å². The lowest BCUT2D eigenvalue weighted by molar-refractivity contribution is -0.126. The van der Waals surface area contributed by atoms with Crippen molar-refractivity contribution in [2.75, 3.05) is 6.54 Å². The number of carbonyl (C=O) groups is 2. The number of piperidine rings is 1. The zero-order valence-electron chi connectivity index (χ0n) is 19.8. The number of para-hydroxylation sites is 1. The third-order valence-corrected chi connectivity index (χ3v) is 8.00. The van der Waals surface area contributed by atoms with Crippen LogP contribution in [0.15, 0.2) is 60.9 Å². The zero-order chi connectivity index (χ0) is 25.2. The third kappa shape index (κ3) is 3.27. The number of rotatable bonds is 4. The van der Waals surface area contributed by atoms with Crippen molar-refractivity contribution >= 4 is 33.5 Å². The van der Waals surface area contributed by atoms with Gasteiger partial charge in [0.2, 0.25) is 5.91 Å². The van der Waals surface area contributed by atoms with Gasteiger partial charge in [0.25, 0.3) is 5.91 Å². The fourth-order valence-corrected chi connectivity index (χ4v) is 5.96. The molecule has 36 heavy (non-hydrogen) atoms. The summed E-state index contributed by atoms with van der Waals surface area (Å²) in [5.41, 5.74) is 1.02. The Morgan fingerprint density at radius 2 is 1.97 bits per heavy atom. The maximum Gasteiger partial charge on any atom is 0.271 e. The van der Waals surface area contributed by atoms with E-state index in [9.17, 15) is 19.2 Å². The average molecular weight is 482 g/mol. The van der Waals surface area contributed by atoms with Gasteiger partial charge in [0, 0.05) is 35.3 Å². The van der Waals surface area contributed by atoms with Crippen molar-refractivity contribution in [3.05, 3.63) is 78.0 Å². The first kappa shape index (κ1) is 22.2. The number of aromatic amines is 1. The van der Waals surface area contributed by atoms with Gasteiger partial charge in [-0.05, 0) is 34.8 Å². The number of halogens is 1. The molecule has 1 saturated heterocycles. The molecule has 1 aliphatic heterocycles. The summed E-state index contributed by atoms with van der Waals surface area (Å²) in [6, 6.07) is 14.4. The molecule has 6 rings (SSSR count). The maximum atomic E-state index is 14.2. The summed E-state index contributed by atoms with van der Waals surface area (Å²) in [6.45, 7) is 4.62. The number of nitrogens with zero attached hydrogens (tertiary/aromatic N) is 3. The lowest BCUT2D eigenvalue weighted by Gasteiger charge is -2.30. The van der Waals surface area contributed by atoms with E-state index >= 15 is 0 Å². The molecule has 2 aliphatic rings. The van der Waals surface area contributed by atoms with Gasteiger partial charge in [-0.1, -0.05) is 50.2 Å². The van der Waals surface area contributed by atoms with Gasteiger partial charge in [-0.25, -0.2) is 4.39 Å². The largest absolute Gasteiger partial charge is 0.348 e. The van der Waals surface area contributed by atoms with Crippen molar-refractivity contribution < 1.29 is 14.0 Å². The van der Waals surface area contributed by atoms with Crippen molar-refractivity contribution in [1.29, 1.82) is 5.26 Å². The van der Waals surface area contributed by atoms with E-state index < -0.39 is 17.9 Å². The normalized spacial score (nSPS) is 22.7. The molecule has 0 unspecified atom stereocenters. The minimum Gasteiger partial charge on any atom is -0.348 e. The number of nitriles is 1. The minimum absolute atomic E-state index is 0.0208. The molecule has 1 aliphatic carbocycles. The summed E-state index contributed by atoms with van der Waals surface area (Å²) < 4.78 is 14.2. The zero-order valence-corrected chi connectivity index (χ0v) is 19.8. The number of hydrogen-bond donors (Lipinski definition) is 2. The molecule has 7 nitrogen and oxygen atoms in total. The van der Waals surface area contributed by atoms with Crippen LogP contribution in [0, 0.1) is 34.4 Å². The van der Waals surface area contributed by atoms with Gasteiger partial charge < -0.3 is 15.2 Å². The van der Waals surface area contributed by atoms with Crippen LogP contribution in [0.25, 0.3) is 21.7 Å². The van der Waals surface area contributed by atoms with Gasteiger partial charge in [-0.15, -0.1) is 0 Å². The second kappa shape index (κ2) is 7.89. The molecule has 4 atom stereocenters. The highest BCUT2D eigenvalue weighted by Crippen LogP contribution is 2.65. The van der Waals surface area contributed by atoms with Gasteiger partial charge in [-0.2, -0.15) is 5.26 Å². The van der Waals surface area contributed by atoms with Crippen molar-refractivity contribution in [3.63, 3.8) is 0 Å². The quantitative estimate of drug-likeness (QED) is 0.453. The number of hydrogen-bond acceptors (Lipinski definition) is 4. The molecular formula is C28H24FN5O2.